The number of hydrogen-bond acceptors (Lipinski definition) is 5. The predicted octanol–water partition coefficient (Wildman–Crippen LogP) is 0.878. The number of carbonyl (C=O) groups excluding carboxylic acids is 1. The largest absolute Gasteiger partial charge is 0.481 e. The molecule has 1 atom stereocenters. The summed E-state index contributed by atoms with van der Waals surface area (Å²) in [6.45, 7) is 3.77. The zero-order valence-corrected chi connectivity index (χ0v) is 12.5. The van der Waals surface area contributed by atoms with Gasteiger partial charge >= 0.3 is 0 Å². The smallest absolute Gasteiger partial charge is 0.260 e. The fourth-order valence-corrected chi connectivity index (χ4v) is 1.76. The third-order valence-electron chi connectivity index (χ3n) is 2.90. The second-order valence-corrected chi connectivity index (χ2v) is 4.64. The van der Waals surface area contributed by atoms with Crippen molar-refractivity contribution in [1.29, 1.82) is 0 Å². The van der Waals surface area contributed by atoms with Crippen LogP contribution in [0.25, 0.3) is 0 Å². The Morgan fingerprint density at radius 1 is 1.32 bits per heavy atom. The van der Waals surface area contributed by atoms with E-state index in [9.17, 15) is 4.79 Å². The molecule has 1 heterocycles. The second kappa shape index (κ2) is 8.78. The molecule has 118 valence electrons. The molecule has 0 unspecified atom stereocenters. The Hall–Kier alpha value is -2.41. The van der Waals surface area contributed by atoms with E-state index in [-0.39, 0.29) is 5.91 Å². The highest BCUT2D eigenvalue weighted by Crippen LogP contribution is 2.10. The summed E-state index contributed by atoms with van der Waals surface area (Å²) in [6, 6.07) is 9.26. The van der Waals surface area contributed by atoms with Crippen molar-refractivity contribution in [3.05, 3.63) is 43.0 Å². The van der Waals surface area contributed by atoms with Gasteiger partial charge in [0.25, 0.3) is 5.91 Å². The number of nitrogens with zero attached hydrogens (tertiary/aromatic N) is 3. The molecule has 0 spiro atoms. The van der Waals surface area contributed by atoms with E-state index >= 15 is 0 Å². The molecule has 0 aliphatic carbocycles. The Kier molecular flexibility index (Phi) is 6.38. The number of rotatable bonds is 9. The van der Waals surface area contributed by atoms with Gasteiger partial charge in [-0.05, 0) is 19.1 Å². The van der Waals surface area contributed by atoms with Gasteiger partial charge in [0, 0.05) is 6.54 Å². The molecule has 2 aromatic rings. The van der Waals surface area contributed by atoms with Crippen LogP contribution in [0.1, 0.15) is 6.92 Å². The van der Waals surface area contributed by atoms with Gasteiger partial charge in [-0.2, -0.15) is 5.10 Å². The fourth-order valence-electron chi connectivity index (χ4n) is 1.76. The zero-order chi connectivity index (χ0) is 15.6. The predicted molar refractivity (Wildman–Crippen MR) is 80.4 cm³/mol. The number of benzene rings is 1. The molecule has 0 radical (unpaired) electrons. The van der Waals surface area contributed by atoms with E-state index in [1.54, 1.807) is 17.9 Å². The van der Waals surface area contributed by atoms with Crippen LogP contribution in [-0.4, -0.2) is 46.5 Å². The molecule has 1 N–H and O–H groups in total. The summed E-state index contributed by atoms with van der Waals surface area (Å²) in [7, 11) is 0. The topological polar surface area (TPSA) is 78.3 Å². The van der Waals surface area contributed by atoms with Gasteiger partial charge in [-0.1, -0.05) is 18.2 Å². The number of amides is 1. The quantitative estimate of drug-likeness (QED) is 0.696. The lowest BCUT2D eigenvalue weighted by molar-refractivity contribution is -0.127. The van der Waals surface area contributed by atoms with Crippen LogP contribution >= 0.6 is 0 Å². The molecule has 0 fully saturated rings. The maximum absolute atomic E-state index is 11.9. The minimum absolute atomic E-state index is 0.163. The maximum Gasteiger partial charge on any atom is 0.260 e. The number of para-hydroxylation sites is 1. The van der Waals surface area contributed by atoms with Crippen LogP contribution in [0.2, 0.25) is 0 Å². The van der Waals surface area contributed by atoms with Crippen LogP contribution < -0.4 is 10.1 Å². The summed E-state index contributed by atoms with van der Waals surface area (Å²) in [4.78, 5) is 15.7. The van der Waals surface area contributed by atoms with Crippen molar-refractivity contribution in [2.75, 3.05) is 19.8 Å². The SMILES string of the molecule is C[C@@H](Oc1ccccc1)C(=O)NCCOCCn1cncn1. The third kappa shape index (κ3) is 5.53. The normalized spacial score (nSPS) is 11.9. The summed E-state index contributed by atoms with van der Waals surface area (Å²) in [5.74, 6) is 0.512. The average molecular weight is 304 g/mol. The van der Waals surface area contributed by atoms with Gasteiger partial charge in [0.2, 0.25) is 0 Å². The molecule has 0 saturated carbocycles. The first-order valence-electron chi connectivity index (χ1n) is 7.15. The van der Waals surface area contributed by atoms with Gasteiger partial charge in [-0.25, -0.2) is 4.98 Å². The van der Waals surface area contributed by atoms with Crippen LogP contribution in [0.15, 0.2) is 43.0 Å². The van der Waals surface area contributed by atoms with Crippen LogP contribution in [0.5, 0.6) is 5.75 Å². The monoisotopic (exact) mass is 304 g/mol. The standard InChI is InChI=1S/C15H20N4O3/c1-13(22-14-5-3-2-4-6-14)15(20)17-7-9-21-10-8-19-12-16-11-18-19/h2-6,11-13H,7-10H2,1H3,(H,17,20)/t13-/m1/s1. The summed E-state index contributed by atoms with van der Waals surface area (Å²) in [5, 5.41) is 6.74. The minimum Gasteiger partial charge on any atom is -0.481 e. The number of carbonyl (C=O) groups is 1. The number of hydrogen-bond donors (Lipinski definition) is 1. The zero-order valence-electron chi connectivity index (χ0n) is 12.5. The lowest BCUT2D eigenvalue weighted by Crippen LogP contribution is -2.38. The summed E-state index contributed by atoms with van der Waals surface area (Å²) >= 11 is 0. The van der Waals surface area contributed by atoms with Crippen molar-refractivity contribution < 1.29 is 14.3 Å². The highest BCUT2D eigenvalue weighted by atomic mass is 16.5. The summed E-state index contributed by atoms with van der Waals surface area (Å²) in [6.07, 6.45) is 2.57. The molecule has 0 aliphatic rings. The Bertz CT molecular complexity index is 545. The van der Waals surface area contributed by atoms with E-state index in [2.05, 4.69) is 15.4 Å². The van der Waals surface area contributed by atoms with Crippen molar-refractivity contribution >= 4 is 5.91 Å². The lowest BCUT2D eigenvalue weighted by Gasteiger charge is -2.14. The molecule has 1 aromatic carbocycles. The first-order valence-corrected chi connectivity index (χ1v) is 7.15. The summed E-state index contributed by atoms with van der Waals surface area (Å²) < 4.78 is 12.6. The molecule has 0 bridgehead atoms. The van der Waals surface area contributed by atoms with E-state index in [1.807, 2.05) is 30.3 Å². The number of nitrogens with one attached hydrogen (secondary N) is 1. The van der Waals surface area contributed by atoms with Gasteiger partial charge in [0.1, 0.15) is 18.4 Å². The highest BCUT2D eigenvalue weighted by Gasteiger charge is 2.13. The molecule has 7 nitrogen and oxygen atoms in total. The van der Waals surface area contributed by atoms with Crippen molar-refractivity contribution in [3.63, 3.8) is 0 Å². The minimum atomic E-state index is -0.544. The van der Waals surface area contributed by atoms with Crippen molar-refractivity contribution in [2.45, 2.75) is 19.6 Å². The van der Waals surface area contributed by atoms with E-state index in [0.717, 1.165) is 0 Å². The Morgan fingerprint density at radius 3 is 2.86 bits per heavy atom. The molecule has 0 aliphatic heterocycles. The van der Waals surface area contributed by atoms with Gasteiger partial charge < -0.3 is 14.8 Å². The Balaban J connectivity index is 1.55. The fraction of sp³-hybridized carbons (Fsp3) is 0.400. The van der Waals surface area contributed by atoms with E-state index in [0.29, 0.717) is 32.1 Å². The Morgan fingerprint density at radius 2 is 2.14 bits per heavy atom. The molecular weight excluding hydrogens is 284 g/mol. The van der Waals surface area contributed by atoms with Gasteiger partial charge in [0.15, 0.2) is 6.10 Å². The van der Waals surface area contributed by atoms with Gasteiger partial charge in [-0.15, -0.1) is 0 Å². The maximum atomic E-state index is 11.9. The first kappa shape index (κ1) is 16.0. The average Bonchev–Trinajstić information content (AvgIpc) is 3.04. The number of ether oxygens (including phenoxy) is 2. The van der Waals surface area contributed by atoms with Gasteiger partial charge in [-0.3, -0.25) is 9.48 Å². The van der Waals surface area contributed by atoms with Crippen molar-refractivity contribution in [2.24, 2.45) is 0 Å². The molecule has 1 aromatic heterocycles. The van der Waals surface area contributed by atoms with E-state index < -0.39 is 6.10 Å². The molecule has 2 rings (SSSR count). The van der Waals surface area contributed by atoms with E-state index in [1.165, 1.54) is 6.33 Å². The van der Waals surface area contributed by atoms with Crippen LogP contribution in [-0.2, 0) is 16.1 Å². The van der Waals surface area contributed by atoms with Crippen LogP contribution in [0.3, 0.4) is 0 Å². The third-order valence-corrected chi connectivity index (χ3v) is 2.90. The van der Waals surface area contributed by atoms with Crippen LogP contribution in [0.4, 0.5) is 0 Å². The Labute approximate surface area is 129 Å². The van der Waals surface area contributed by atoms with Crippen LogP contribution in [0, 0.1) is 0 Å². The molecular formula is C15H20N4O3. The second-order valence-electron chi connectivity index (χ2n) is 4.64. The molecule has 0 saturated heterocycles. The van der Waals surface area contributed by atoms with Crippen molar-refractivity contribution in [1.82, 2.24) is 20.1 Å². The molecule has 7 heteroatoms. The summed E-state index contributed by atoms with van der Waals surface area (Å²) in [5.41, 5.74) is 0. The first-order chi connectivity index (χ1) is 10.8. The van der Waals surface area contributed by atoms with Crippen molar-refractivity contribution in [3.8, 4) is 5.75 Å². The number of aromatic nitrogens is 3. The molecule has 22 heavy (non-hydrogen) atoms. The van der Waals surface area contributed by atoms with E-state index in [4.69, 9.17) is 9.47 Å². The van der Waals surface area contributed by atoms with Gasteiger partial charge in [0.05, 0.1) is 19.8 Å². The lowest BCUT2D eigenvalue weighted by atomic mass is 10.3. The molecule has 1 amide bonds. The highest BCUT2D eigenvalue weighted by molar-refractivity contribution is 5.80.